The number of carbonyl (C=O) groups is 1. The Morgan fingerprint density at radius 3 is 2.54 bits per heavy atom. The number of anilines is 1. The van der Waals surface area contributed by atoms with Gasteiger partial charge in [0, 0.05) is 41.7 Å². The lowest BCUT2D eigenvalue weighted by atomic mass is 9.95. The van der Waals surface area contributed by atoms with Gasteiger partial charge in [-0.3, -0.25) is 4.90 Å². The largest absolute Gasteiger partial charge is 0.462 e. The van der Waals surface area contributed by atoms with Crippen LogP contribution in [0.3, 0.4) is 0 Å². The van der Waals surface area contributed by atoms with Crippen LogP contribution in [0.25, 0.3) is 21.5 Å². The Kier molecular flexibility index (Phi) is 7.22. The van der Waals surface area contributed by atoms with Crippen molar-refractivity contribution in [1.29, 1.82) is 0 Å². The molecule has 2 aromatic heterocycles. The molecule has 2 aliphatic heterocycles. The van der Waals surface area contributed by atoms with Crippen molar-refractivity contribution in [3.63, 3.8) is 0 Å². The Morgan fingerprint density at radius 2 is 1.85 bits per heavy atom. The number of hydrogen-bond acceptors (Lipinski definition) is 8. The van der Waals surface area contributed by atoms with E-state index in [0.717, 1.165) is 70.2 Å². The van der Waals surface area contributed by atoms with Crippen LogP contribution in [0, 0.1) is 0 Å². The predicted molar refractivity (Wildman–Crippen MR) is 163 cm³/mol. The van der Waals surface area contributed by atoms with Crippen LogP contribution in [0.1, 0.15) is 73.0 Å². The van der Waals surface area contributed by atoms with Gasteiger partial charge in [-0.05, 0) is 82.8 Å². The average molecular weight is 612 g/mol. The van der Waals surface area contributed by atoms with Crippen LogP contribution in [0.4, 0.5) is 5.13 Å². The number of ether oxygens (including phenoxy) is 1. The molecular formula is C31H32Cl2N4O3S. The zero-order valence-corrected chi connectivity index (χ0v) is 25.4. The van der Waals surface area contributed by atoms with E-state index in [1.165, 1.54) is 12.8 Å². The molecular weight excluding hydrogens is 579 g/mol. The van der Waals surface area contributed by atoms with Gasteiger partial charge in [-0.15, -0.1) is 0 Å². The van der Waals surface area contributed by atoms with Gasteiger partial charge < -0.3 is 14.2 Å². The molecule has 1 saturated carbocycles. The van der Waals surface area contributed by atoms with Gasteiger partial charge in [0.2, 0.25) is 0 Å². The van der Waals surface area contributed by atoms with Crippen molar-refractivity contribution in [2.45, 2.75) is 76.0 Å². The normalized spacial score (nSPS) is 22.2. The highest BCUT2D eigenvalue weighted by molar-refractivity contribution is 7.22. The first-order valence-electron chi connectivity index (χ1n) is 14.4. The number of piperidine rings is 1. The number of halogens is 2. The number of aromatic nitrogens is 2. The summed E-state index contributed by atoms with van der Waals surface area (Å²) in [5.74, 6) is 1.13. The molecule has 0 amide bonds. The van der Waals surface area contributed by atoms with Crippen molar-refractivity contribution in [3.05, 3.63) is 63.3 Å². The van der Waals surface area contributed by atoms with E-state index in [1.54, 1.807) is 11.3 Å². The fraction of sp³-hybridized carbons (Fsp3) is 0.452. The number of esters is 1. The van der Waals surface area contributed by atoms with Crippen molar-refractivity contribution >= 4 is 55.9 Å². The van der Waals surface area contributed by atoms with Crippen molar-refractivity contribution in [1.82, 2.24) is 15.0 Å². The number of carbonyl (C=O) groups excluding carboxylic acids is 1. The predicted octanol–water partition coefficient (Wildman–Crippen LogP) is 7.94. The minimum absolute atomic E-state index is 0.286. The zero-order valence-electron chi connectivity index (χ0n) is 23.1. The topological polar surface area (TPSA) is 71.7 Å². The van der Waals surface area contributed by atoms with E-state index in [-0.39, 0.29) is 5.97 Å². The molecule has 7 nitrogen and oxygen atoms in total. The summed E-state index contributed by atoms with van der Waals surface area (Å²) in [5, 5.41) is 6.73. The molecule has 7 rings (SSSR count). The Bertz CT molecular complexity index is 1580. The fourth-order valence-corrected chi connectivity index (χ4v) is 8.35. The summed E-state index contributed by atoms with van der Waals surface area (Å²) in [6.07, 6.45) is 6.74. The minimum atomic E-state index is -0.286. The van der Waals surface area contributed by atoms with E-state index in [1.807, 2.05) is 43.3 Å². The van der Waals surface area contributed by atoms with Gasteiger partial charge in [-0.1, -0.05) is 45.8 Å². The molecule has 41 heavy (non-hydrogen) atoms. The molecule has 2 bridgehead atoms. The van der Waals surface area contributed by atoms with Crippen LogP contribution < -0.4 is 4.90 Å². The van der Waals surface area contributed by atoms with E-state index in [4.69, 9.17) is 37.4 Å². The van der Waals surface area contributed by atoms with E-state index in [9.17, 15) is 4.79 Å². The van der Waals surface area contributed by atoms with Gasteiger partial charge >= 0.3 is 5.97 Å². The summed E-state index contributed by atoms with van der Waals surface area (Å²) >= 11 is 14.9. The molecule has 1 aliphatic carbocycles. The summed E-state index contributed by atoms with van der Waals surface area (Å²) in [7, 11) is 2.22. The third kappa shape index (κ3) is 5.03. The van der Waals surface area contributed by atoms with Crippen molar-refractivity contribution in [3.8, 4) is 11.3 Å². The second-order valence-corrected chi connectivity index (χ2v) is 13.3. The van der Waals surface area contributed by atoms with Gasteiger partial charge in [0.05, 0.1) is 32.4 Å². The Morgan fingerprint density at radius 1 is 1.12 bits per heavy atom. The summed E-state index contributed by atoms with van der Waals surface area (Å²) in [4.78, 5) is 22.2. The van der Waals surface area contributed by atoms with Gasteiger partial charge in [0.1, 0.15) is 11.5 Å². The van der Waals surface area contributed by atoms with E-state index < -0.39 is 0 Å². The average Bonchev–Trinajstić information content (AvgIpc) is 3.50. The molecule has 4 heterocycles. The molecule has 0 spiro atoms. The lowest BCUT2D eigenvalue weighted by molar-refractivity contribution is 0.0526. The molecule has 3 fully saturated rings. The number of rotatable bonds is 8. The quantitative estimate of drug-likeness (QED) is 0.187. The minimum Gasteiger partial charge on any atom is -0.462 e. The number of nitrogens with zero attached hydrogens (tertiary/aromatic N) is 4. The van der Waals surface area contributed by atoms with Crippen LogP contribution in [0.5, 0.6) is 0 Å². The standard InChI is InChI=1S/C31H32Cl2N4O3S/c1-3-39-30(38)18-9-12-25-26(13-18)41-31(34-25)37-19-10-11-20(37)15-21(14-19)36(2)16-22-28(35-40-29(22)17-7-8-17)27-23(32)5-4-6-24(27)33/h4-6,9,12-13,17,19-21H,3,7-8,10-11,14-16H2,1-2H3. The first kappa shape index (κ1) is 27.2. The lowest BCUT2D eigenvalue weighted by Crippen LogP contribution is -2.49. The van der Waals surface area contributed by atoms with Crippen LogP contribution >= 0.6 is 34.5 Å². The maximum Gasteiger partial charge on any atom is 0.338 e. The second-order valence-electron chi connectivity index (χ2n) is 11.5. The molecule has 214 valence electrons. The first-order valence-corrected chi connectivity index (χ1v) is 16.0. The van der Waals surface area contributed by atoms with Gasteiger partial charge in [0.15, 0.2) is 5.13 Å². The number of thiazole rings is 1. The number of hydrogen-bond donors (Lipinski definition) is 0. The van der Waals surface area contributed by atoms with Crippen molar-refractivity contribution < 1.29 is 14.1 Å². The van der Waals surface area contributed by atoms with Crippen molar-refractivity contribution in [2.24, 2.45) is 0 Å². The molecule has 2 unspecified atom stereocenters. The summed E-state index contributed by atoms with van der Waals surface area (Å²) in [6, 6.07) is 12.5. The van der Waals surface area contributed by atoms with Crippen LogP contribution in [-0.4, -0.2) is 52.8 Å². The second kappa shape index (κ2) is 10.9. The Hall–Kier alpha value is -2.65. The summed E-state index contributed by atoms with van der Waals surface area (Å²) in [6.45, 7) is 2.93. The van der Waals surface area contributed by atoms with Gasteiger partial charge in [-0.2, -0.15) is 0 Å². The third-order valence-electron chi connectivity index (χ3n) is 8.81. The molecule has 4 aromatic rings. The van der Waals surface area contributed by atoms with E-state index in [0.29, 0.717) is 46.3 Å². The highest BCUT2D eigenvalue weighted by Gasteiger charge is 2.44. The van der Waals surface area contributed by atoms with Crippen LogP contribution in [-0.2, 0) is 11.3 Å². The molecule has 3 aliphatic rings. The number of benzene rings is 2. The highest BCUT2D eigenvalue weighted by atomic mass is 35.5. The molecule has 0 radical (unpaired) electrons. The zero-order chi connectivity index (χ0) is 28.2. The first-order chi connectivity index (χ1) is 19.9. The summed E-state index contributed by atoms with van der Waals surface area (Å²) in [5.41, 5.74) is 4.15. The third-order valence-corrected chi connectivity index (χ3v) is 10.5. The molecule has 2 atom stereocenters. The van der Waals surface area contributed by atoms with Gasteiger partial charge in [-0.25, -0.2) is 9.78 Å². The van der Waals surface area contributed by atoms with E-state index >= 15 is 0 Å². The summed E-state index contributed by atoms with van der Waals surface area (Å²) < 4.78 is 12.1. The Balaban J connectivity index is 1.11. The molecule has 2 aromatic carbocycles. The smallest absolute Gasteiger partial charge is 0.338 e. The Labute approximate surface area is 253 Å². The molecule has 10 heteroatoms. The monoisotopic (exact) mass is 610 g/mol. The lowest BCUT2D eigenvalue weighted by Gasteiger charge is -2.42. The van der Waals surface area contributed by atoms with Crippen LogP contribution in [0.15, 0.2) is 40.9 Å². The van der Waals surface area contributed by atoms with E-state index in [2.05, 4.69) is 22.0 Å². The number of fused-ring (bicyclic) bond motifs is 3. The maximum absolute atomic E-state index is 12.2. The van der Waals surface area contributed by atoms with Crippen LogP contribution in [0.2, 0.25) is 10.0 Å². The van der Waals surface area contributed by atoms with Gasteiger partial charge in [0.25, 0.3) is 0 Å². The molecule has 2 saturated heterocycles. The highest BCUT2D eigenvalue weighted by Crippen LogP contribution is 2.47. The van der Waals surface area contributed by atoms with Crippen molar-refractivity contribution in [2.75, 3.05) is 18.6 Å². The maximum atomic E-state index is 12.2. The fourth-order valence-electron chi connectivity index (χ4n) is 6.62. The molecule has 0 N–H and O–H groups in total. The SMILES string of the molecule is CCOC(=O)c1ccc2nc(N3C4CCC3CC(N(C)Cc3c(-c5c(Cl)cccc5Cl)noc3C3CC3)C4)sc2c1.